The van der Waals surface area contributed by atoms with Gasteiger partial charge in [0.1, 0.15) is 0 Å². The van der Waals surface area contributed by atoms with Crippen molar-refractivity contribution in [3.63, 3.8) is 0 Å². The van der Waals surface area contributed by atoms with Gasteiger partial charge in [-0.15, -0.1) is 6.58 Å². The topological polar surface area (TPSA) is 27.7 Å². The second kappa shape index (κ2) is 7.94. The molecule has 3 nitrogen and oxygen atoms in total. The SMILES string of the molecule is C=C[Si]OC(OCC)OCC. The van der Waals surface area contributed by atoms with E-state index in [1.807, 2.05) is 13.8 Å². The lowest BCUT2D eigenvalue weighted by Gasteiger charge is -2.15. The van der Waals surface area contributed by atoms with E-state index in [9.17, 15) is 0 Å². The number of hydrogen-bond donors (Lipinski definition) is 0. The van der Waals surface area contributed by atoms with Gasteiger partial charge >= 0.3 is 0 Å². The molecule has 2 radical (unpaired) electrons. The molecule has 0 spiro atoms. The first-order chi connectivity index (χ1) is 5.35. The average molecular weight is 174 g/mol. The third-order valence-electron chi connectivity index (χ3n) is 0.853. The molecule has 0 amide bonds. The largest absolute Gasteiger partial charge is 0.366 e. The highest BCUT2D eigenvalue weighted by Crippen LogP contribution is 1.95. The molecule has 11 heavy (non-hydrogen) atoms. The van der Waals surface area contributed by atoms with Crippen LogP contribution < -0.4 is 0 Å². The summed E-state index contributed by atoms with van der Waals surface area (Å²) in [6, 6.07) is 0. The van der Waals surface area contributed by atoms with Crippen molar-refractivity contribution in [2.24, 2.45) is 0 Å². The highest BCUT2D eigenvalue weighted by Gasteiger charge is 2.05. The Balaban J connectivity index is 3.41. The summed E-state index contributed by atoms with van der Waals surface area (Å²) in [5.41, 5.74) is 1.69. The lowest BCUT2D eigenvalue weighted by molar-refractivity contribution is -0.242. The lowest BCUT2D eigenvalue weighted by Crippen LogP contribution is -2.22. The molecule has 64 valence electrons. The van der Waals surface area contributed by atoms with Gasteiger partial charge in [0.15, 0.2) is 0 Å². The minimum Gasteiger partial charge on any atom is -0.366 e. The van der Waals surface area contributed by atoms with Crippen LogP contribution in [0.3, 0.4) is 0 Å². The quantitative estimate of drug-likeness (QED) is 0.427. The van der Waals surface area contributed by atoms with E-state index in [0.29, 0.717) is 13.2 Å². The molecule has 0 aliphatic heterocycles. The zero-order chi connectivity index (χ0) is 8.53. The second-order valence-corrected chi connectivity index (χ2v) is 2.52. The first kappa shape index (κ1) is 10.8. The van der Waals surface area contributed by atoms with Crippen LogP contribution in [-0.2, 0) is 13.9 Å². The normalized spacial score (nSPS) is 10.5. The van der Waals surface area contributed by atoms with Crippen molar-refractivity contribution in [2.75, 3.05) is 13.2 Å². The van der Waals surface area contributed by atoms with Gasteiger partial charge in [-0.3, -0.25) is 0 Å². The lowest BCUT2D eigenvalue weighted by atomic mass is 10.8. The Bertz CT molecular complexity index is 91.7. The van der Waals surface area contributed by atoms with E-state index >= 15 is 0 Å². The Morgan fingerprint density at radius 3 is 2.27 bits per heavy atom. The zero-order valence-electron chi connectivity index (χ0n) is 7.00. The standard InChI is InChI=1S/C7H14O3Si/c1-4-8-7(9-5-2)10-11-6-3/h6-7H,3-5H2,1-2H3. The van der Waals surface area contributed by atoms with Crippen LogP contribution in [0.4, 0.5) is 0 Å². The Labute approximate surface area is 70.3 Å². The molecule has 0 aromatic rings. The van der Waals surface area contributed by atoms with Crippen LogP contribution in [0.1, 0.15) is 13.8 Å². The first-order valence-corrected chi connectivity index (χ1v) is 4.59. The number of hydrogen-bond acceptors (Lipinski definition) is 3. The van der Waals surface area contributed by atoms with E-state index in [1.54, 1.807) is 5.70 Å². The smallest absolute Gasteiger partial charge is 0.267 e. The van der Waals surface area contributed by atoms with Crippen molar-refractivity contribution in [3.8, 4) is 0 Å². The van der Waals surface area contributed by atoms with Crippen molar-refractivity contribution < 1.29 is 13.9 Å². The maximum Gasteiger partial charge on any atom is 0.267 e. The fourth-order valence-electron chi connectivity index (χ4n) is 0.492. The summed E-state index contributed by atoms with van der Waals surface area (Å²) in [5, 5.41) is 0. The van der Waals surface area contributed by atoms with E-state index in [1.165, 1.54) is 0 Å². The van der Waals surface area contributed by atoms with Gasteiger partial charge in [0, 0.05) is 13.2 Å². The molecule has 0 aromatic heterocycles. The fraction of sp³-hybridized carbons (Fsp3) is 0.714. The summed E-state index contributed by atoms with van der Waals surface area (Å²) in [7, 11) is 0.229. The zero-order valence-corrected chi connectivity index (χ0v) is 8.00. The first-order valence-electron chi connectivity index (χ1n) is 3.60. The molecule has 0 unspecified atom stereocenters. The third kappa shape index (κ3) is 6.24. The van der Waals surface area contributed by atoms with Crippen LogP contribution in [0.5, 0.6) is 0 Å². The Kier molecular flexibility index (Phi) is 7.82. The van der Waals surface area contributed by atoms with Gasteiger partial charge in [-0.2, -0.15) is 0 Å². The van der Waals surface area contributed by atoms with Crippen molar-refractivity contribution in [2.45, 2.75) is 20.3 Å². The molecule has 0 rings (SSSR count). The van der Waals surface area contributed by atoms with Gasteiger partial charge in [-0.05, 0) is 13.8 Å². The molecule has 0 heterocycles. The molecular weight excluding hydrogens is 160 g/mol. The monoisotopic (exact) mass is 174 g/mol. The summed E-state index contributed by atoms with van der Waals surface area (Å²) in [4.78, 5) is 0. The minimum atomic E-state index is -0.527. The summed E-state index contributed by atoms with van der Waals surface area (Å²) >= 11 is 0. The van der Waals surface area contributed by atoms with E-state index < -0.39 is 6.48 Å². The second-order valence-electron chi connectivity index (χ2n) is 1.64. The molecule has 0 saturated heterocycles. The van der Waals surface area contributed by atoms with E-state index in [-0.39, 0.29) is 9.76 Å². The Morgan fingerprint density at radius 1 is 1.36 bits per heavy atom. The van der Waals surface area contributed by atoms with Crippen molar-refractivity contribution >= 4 is 9.76 Å². The molecule has 0 fully saturated rings. The maximum absolute atomic E-state index is 5.14. The van der Waals surface area contributed by atoms with Crippen molar-refractivity contribution in [3.05, 3.63) is 12.3 Å². The van der Waals surface area contributed by atoms with Crippen LogP contribution in [0.15, 0.2) is 12.3 Å². The summed E-state index contributed by atoms with van der Waals surface area (Å²) in [5.74, 6) is 0. The molecule has 0 atom stereocenters. The van der Waals surface area contributed by atoms with Gasteiger partial charge in [-0.1, -0.05) is 5.70 Å². The van der Waals surface area contributed by atoms with E-state index in [4.69, 9.17) is 13.9 Å². The third-order valence-corrected chi connectivity index (χ3v) is 1.35. The molecule has 0 aliphatic rings. The average Bonchev–Trinajstić information content (AvgIpc) is 2.01. The number of ether oxygens (including phenoxy) is 2. The molecule has 0 aliphatic carbocycles. The molecule has 4 heteroatoms. The van der Waals surface area contributed by atoms with Crippen LogP contribution in [0, 0.1) is 0 Å². The van der Waals surface area contributed by atoms with Crippen LogP contribution in [-0.4, -0.2) is 29.5 Å². The summed E-state index contributed by atoms with van der Waals surface area (Å²) < 4.78 is 15.3. The minimum absolute atomic E-state index is 0.229. The van der Waals surface area contributed by atoms with Crippen molar-refractivity contribution in [1.29, 1.82) is 0 Å². The molecule has 0 N–H and O–H groups in total. The molecule has 0 aromatic carbocycles. The number of rotatable bonds is 7. The highest BCUT2D eigenvalue weighted by atomic mass is 28.2. The fourth-order valence-corrected chi connectivity index (χ4v) is 0.835. The molecule has 0 saturated carbocycles. The van der Waals surface area contributed by atoms with Gasteiger partial charge in [-0.25, -0.2) is 0 Å². The van der Waals surface area contributed by atoms with Gasteiger partial charge in [0.25, 0.3) is 16.2 Å². The highest BCUT2D eigenvalue weighted by molar-refractivity contribution is 6.34. The molecule has 0 bridgehead atoms. The van der Waals surface area contributed by atoms with Gasteiger partial charge in [0.05, 0.1) is 0 Å². The molecular formula is C7H14O3Si. The maximum atomic E-state index is 5.14. The van der Waals surface area contributed by atoms with Gasteiger partial charge < -0.3 is 13.9 Å². The van der Waals surface area contributed by atoms with Crippen molar-refractivity contribution in [1.82, 2.24) is 0 Å². The summed E-state index contributed by atoms with van der Waals surface area (Å²) in [6.07, 6.45) is 0. The van der Waals surface area contributed by atoms with Crippen LogP contribution in [0.25, 0.3) is 0 Å². The van der Waals surface area contributed by atoms with E-state index in [2.05, 4.69) is 6.58 Å². The predicted octanol–water partition coefficient (Wildman–Crippen LogP) is 1.12. The van der Waals surface area contributed by atoms with E-state index in [0.717, 1.165) is 0 Å². The van der Waals surface area contributed by atoms with Crippen LogP contribution in [0.2, 0.25) is 0 Å². The van der Waals surface area contributed by atoms with Gasteiger partial charge in [0.2, 0.25) is 0 Å². The predicted molar refractivity (Wildman–Crippen MR) is 44.1 cm³/mol. The van der Waals surface area contributed by atoms with Crippen LogP contribution >= 0.6 is 0 Å². The Hall–Kier alpha value is -0.163. The summed E-state index contributed by atoms with van der Waals surface area (Å²) in [6.45, 7) is 7.97. The Morgan fingerprint density at radius 2 is 1.91 bits per heavy atom.